The fraction of sp³-hybridized carbons (Fsp3) is 0.500. The third-order valence-corrected chi connectivity index (χ3v) is 8.76. The van der Waals surface area contributed by atoms with E-state index in [0.717, 1.165) is 4.31 Å². The Morgan fingerprint density at radius 1 is 1.18 bits per heavy atom. The third-order valence-electron chi connectivity index (χ3n) is 6.97. The van der Waals surface area contributed by atoms with E-state index >= 15 is 0 Å². The number of hydrogen-bond acceptors (Lipinski definition) is 5. The Bertz CT molecular complexity index is 1410. The zero-order valence-corrected chi connectivity index (χ0v) is 23.0. The molecule has 4 rings (SSSR count). The number of benzene rings is 1. The van der Waals surface area contributed by atoms with Crippen LogP contribution in [0.1, 0.15) is 69.5 Å². The van der Waals surface area contributed by atoms with Crippen LogP contribution in [0, 0.1) is 5.95 Å². The Morgan fingerprint density at radius 2 is 1.79 bits per heavy atom. The maximum absolute atomic E-state index is 14.2. The fourth-order valence-electron chi connectivity index (χ4n) is 5.53. The number of fused-ring (bicyclic) bond motifs is 3. The highest BCUT2D eigenvalue weighted by atomic mass is 32.2. The highest BCUT2D eigenvalue weighted by molar-refractivity contribution is 7.84. The molecule has 0 saturated heterocycles. The average Bonchev–Trinajstić information content (AvgIpc) is 3.30. The SMILES string of the molecule is COC(=O)C1(c2ccc([C@H](N(C)[S@](=O)C(C)(C)C)C(F)(F)F)cc2)CC(C)(C)c2c1cnc1cc(F)nn21. The largest absolute Gasteiger partial charge is 0.468 e. The van der Waals surface area contributed by atoms with Crippen LogP contribution in [0.3, 0.4) is 0 Å². The first-order valence-corrected chi connectivity index (χ1v) is 13.0. The molecule has 0 amide bonds. The van der Waals surface area contributed by atoms with Crippen molar-refractivity contribution in [2.45, 2.75) is 68.8 Å². The number of carbonyl (C=O) groups excluding carboxylic acids is 1. The number of rotatable bonds is 5. The van der Waals surface area contributed by atoms with Crippen molar-refractivity contribution in [3.63, 3.8) is 0 Å². The molecule has 1 aromatic carbocycles. The number of nitrogens with zero attached hydrogens (tertiary/aromatic N) is 4. The van der Waals surface area contributed by atoms with Gasteiger partial charge in [-0.1, -0.05) is 38.1 Å². The number of hydrogen-bond donors (Lipinski definition) is 0. The molecule has 0 aliphatic heterocycles. The van der Waals surface area contributed by atoms with E-state index in [1.54, 1.807) is 20.8 Å². The smallest absolute Gasteiger partial charge is 0.409 e. The van der Waals surface area contributed by atoms with Crippen molar-refractivity contribution in [2.24, 2.45) is 0 Å². The minimum atomic E-state index is -4.71. The molecule has 206 valence electrons. The standard InChI is InChI=1S/C26H30F4N4O3S/c1-23(2,3)38(36)33(6)20(26(28,29)30)15-8-10-16(11-9-15)25(22(35)37-7)14-24(4,5)21-17(25)13-31-19-12-18(27)32-34(19)21/h8-13,20H,14H2,1-7H3/t20-,25?,38+/m0/s1. The summed E-state index contributed by atoms with van der Waals surface area (Å²) in [6, 6.07) is 4.54. The molecule has 0 spiro atoms. The van der Waals surface area contributed by atoms with Crippen LogP contribution < -0.4 is 0 Å². The summed E-state index contributed by atoms with van der Waals surface area (Å²) in [5.74, 6) is -1.35. The first kappa shape index (κ1) is 28.2. The second-order valence-electron chi connectivity index (χ2n) is 11.2. The lowest BCUT2D eigenvalue weighted by Gasteiger charge is -2.34. The summed E-state index contributed by atoms with van der Waals surface area (Å²) in [6.07, 6.45) is -3.04. The molecular formula is C26H30F4N4O3S. The topological polar surface area (TPSA) is 76.8 Å². The van der Waals surface area contributed by atoms with E-state index in [2.05, 4.69) is 10.1 Å². The molecule has 38 heavy (non-hydrogen) atoms. The van der Waals surface area contributed by atoms with E-state index in [9.17, 15) is 26.6 Å². The van der Waals surface area contributed by atoms with Crippen molar-refractivity contribution in [2.75, 3.05) is 14.2 Å². The maximum atomic E-state index is 14.2. The number of halogens is 4. The Labute approximate surface area is 220 Å². The number of methoxy groups -OCH3 is 1. The molecule has 7 nitrogen and oxygen atoms in total. The zero-order chi connectivity index (χ0) is 28.4. The van der Waals surface area contributed by atoms with Gasteiger partial charge in [0.2, 0.25) is 5.95 Å². The Hall–Kier alpha value is -2.86. The van der Waals surface area contributed by atoms with Crippen molar-refractivity contribution in [1.82, 2.24) is 18.9 Å². The molecule has 2 heterocycles. The lowest BCUT2D eigenvalue weighted by atomic mass is 9.73. The highest BCUT2D eigenvalue weighted by Crippen LogP contribution is 2.53. The second kappa shape index (κ2) is 9.11. The van der Waals surface area contributed by atoms with Gasteiger partial charge in [0.15, 0.2) is 5.65 Å². The first-order valence-electron chi connectivity index (χ1n) is 11.9. The Kier molecular flexibility index (Phi) is 6.75. The van der Waals surface area contributed by atoms with Crippen LogP contribution >= 0.6 is 0 Å². The lowest BCUT2D eigenvalue weighted by molar-refractivity contribution is -0.170. The minimum absolute atomic E-state index is 0.124. The van der Waals surface area contributed by atoms with Gasteiger partial charge in [0.1, 0.15) is 22.4 Å². The van der Waals surface area contributed by atoms with E-state index in [4.69, 9.17) is 4.74 Å². The van der Waals surface area contributed by atoms with Crippen molar-refractivity contribution in [1.29, 1.82) is 0 Å². The molecule has 0 saturated carbocycles. The van der Waals surface area contributed by atoms with E-state index in [-0.39, 0.29) is 17.6 Å². The molecule has 3 aromatic rings. The zero-order valence-electron chi connectivity index (χ0n) is 22.2. The van der Waals surface area contributed by atoms with Crippen LogP contribution in [0.2, 0.25) is 0 Å². The quantitative estimate of drug-likeness (QED) is 0.328. The molecule has 2 aromatic heterocycles. The van der Waals surface area contributed by atoms with Crippen LogP contribution in [0.5, 0.6) is 0 Å². The molecule has 1 aliphatic carbocycles. The molecule has 1 aliphatic rings. The van der Waals surface area contributed by atoms with Gasteiger partial charge in [-0.05, 0) is 38.3 Å². The fourth-order valence-corrected chi connectivity index (χ4v) is 6.82. The van der Waals surface area contributed by atoms with Crippen LogP contribution in [0.15, 0.2) is 36.5 Å². The minimum Gasteiger partial charge on any atom is -0.468 e. The Balaban J connectivity index is 1.88. The van der Waals surface area contributed by atoms with Gasteiger partial charge in [-0.2, -0.15) is 17.6 Å². The summed E-state index contributed by atoms with van der Waals surface area (Å²) in [5, 5.41) is 3.92. The van der Waals surface area contributed by atoms with Gasteiger partial charge < -0.3 is 4.74 Å². The number of ether oxygens (including phenoxy) is 1. The highest BCUT2D eigenvalue weighted by Gasteiger charge is 2.56. The van der Waals surface area contributed by atoms with Gasteiger partial charge in [-0.25, -0.2) is 18.0 Å². The molecule has 3 atom stereocenters. The van der Waals surface area contributed by atoms with Gasteiger partial charge in [0.25, 0.3) is 0 Å². The summed E-state index contributed by atoms with van der Waals surface area (Å²) in [5.41, 5.74) is -0.557. The van der Waals surface area contributed by atoms with Gasteiger partial charge >= 0.3 is 12.1 Å². The molecule has 12 heteroatoms. The van der Waals surface area contributed by atoms with E-state index in [0.29, 0.717) is 16.8 Å². The van der Waals surface area contributed by atoms with Crippen molar-refractivity contribution in [3.8, 4) is 0 Å². The van der Waals surface area contributed by atoms with Crippen LogP contribution in [0.4, 0.5) is 17.6 Å². The summed E-state index contributed by atoms with van der Waals surface area (Å²) in [6.45, 7) is 8.56. The second-order valence-corrected chi connectivity index (χ2v) is 13.5. The monoisotopic (exact) mass is 554 g/mol. The predicted molar refractivity (Wildman–Crippen MR) is 134 cm³/mol. The van der Waals surface area contributed by atoms with Gasteiger partial charge in [-0.15, -0.1) is 5.10 Å². The molecule has 1 unspecified atom stereocenters. The summed E-state index contributed by atoms with van der Waals surface area (Å²) in [4.78, 5) is 17.7. The van der Waals surface area contributed by atoms with Crippen LogP contribution in [-0.2, 0) is 31.3 Å². The molecular weight excluding hydrogens is 524 g/mol. The molecule has 0 fully saturated rings. The summed E-state index contributed by atoms with van der Waals surface area (Å²) < 4.78 is 76.0. The number of carbonyl (C=O) groups is 1. The predicted octanol–water partition coefficient (Wildman–Crippen LogP) is 5.01. The first-order chi connectivity index (χ1) is 17.4. The molecule has 0 bridgehead atoms. The van der Waals surface area contributed by atoms with E-state index in [1.165, 1.54) is 55.2 Å². The van der Waals surface area contributed by atoms with E-state index in [1.807, 2.05) is 13.8 Å². The normalized spacial score (nSPS) is 20.9. The van der Waals surface area contributed by atoms with Gasteiger partial charge in [0, 0.05) is 30.3 Å². The van der Waals surface area contributed by atoms with Crippen molar-refractivity contribution >= 4 is 22.6 Å². The summed E-state index contributed by atoms with van der Waals surface area (Å²) in [7, 11) is 0.471. The van der Waals surface area contributed by atoms with Crippen LogP contribution in [-0.4, -0.2) is 54.2 Å². The van der Waals surface area contributed by atoms with Crippen molar-refractivity contribution in [3.05, 3.63) is 64.9 Å². The number of aromatic nitrogens is 3. The van der Waals surface area contributed by atoms with Crippen molar-refractivity contribution < 1.29 is 31.3 Å². The van der Waals surface area contributed by atoms with Crippen LogP contribution in [0.25, 0.3) is 5.65 Å². The maximum Gasteiger partial charge on any atom is 0.409 e. The average molecular weight is 555 g/mol. The molecule has 0 radical (unpaired) electrons. The lowest BCUT2D eigenvalue weighted by Crippen LogP contribution is -2.43. The summed E-state index contributed by atoms with van der Waals surface area (Å²) >= 11 is 0. The molecule has 0 N–H and O–H groups in total. The van der Waals surface area contributed by atoms with E-state index < -0.39 is 50.7 Å². The number of esters is 1. The Morgan fingerprint density at radius 3 is 2.32 bits per heavy atom. The van der Waals surface area contributed by atoms with Gasteiger partial charge in [0.05, 0.1) is 17.6 Å². The van der Waals surface area contributed by atoms with Gasteiger partial charge in [-0.3, -0.25) is 4.79 Å². The number of alkyl halides is 3. The third kappa shape index (κ3) is 4.41.